The maximum absolute atomic E-state index is 11.8. The Morgan fingerprint density at radius 1 is 1.08 bits per heavy atom. The fourth-order valence-corrected chi connectivity index (χ4v) is 3.34. The van der Waals surface area contributed by atoms with Gasteiger partial charge in [-0.05, 0) is 29.8 Å². The largest absolute Gasteiger partial charge is 0.497 e. The van der Waals surface area contributed by atoms with Gasteiger partial charge in [0, 0.05) is 23.3 Å². The van der Waals surface area contributed by atoms with E-state index in [0.29, 0.717) is 22.3 Å². The molecule has 0 atom stereocenters. The quantitative estimate of drug-likeness (QED) is 0.409. The molecule has 0 unspecified atom stereocenters. The number of methoxy groups -OCH3 is 1. The van der Waals surface area contributed by atoms with E-state index in [2.05, 4.69) is 4.98 Å². The van der Waals surface area contributed by atoms with Crippen LogP contribution in [0.1, 0.15) is 5.56 Å². The molecule has 0 radical (unpaired) electrons. The van der Waals surface area contributed by atoms with Crippen LogP contribution in [0.2, 0.25) is 0 Å². The van der Waals surface area contributed by atoms with Crippen LogP contribution in [0.25, 0.3) is 22.1 Å². The van der Waals surface area contributed by atoms with E-state index in [1.807, 2.05) is 36.4 Å². The summed E-state index contributed by atoms with van der Waals surface area (Å²) in [6.07, 6.45) is 0. The summed E-state index contributed by atoms with van der Waals surface area (Å²) in [4.78, 5) is 16.2. The molecule has 0 saturated heterocycles. The molecule has 0 amide bonds. The van der Waals surface area contributed by atoms with Gasteiger partial charge in [-0.1, -0.05) is 23.9 Å². The van der Waals surface area contributed by atoms with Crippen LogP contribution in [-0.4, -0.2) is 12.1 Å². The average Bonchev–Trinajstić information content (AvgIpc) is 3.01. The Bertz CT molecular complexity index is 1050. The Hall–Kier alpha value is -2.73. The number of fused-ring (bicyclic) bond motifs is 2. The topological polar surface area (TPSA) is 65.5 Å². The smallest absolute Gasteiger partial charge is 0.336 e. The molecule has 0 fully saturated rings. The number of thioether (sulfide) groups is 1. The Labute approximate surface area is 141 Å². The Kier molecular flexibility index (Phi) is 3.74. The molecule has 4 aromatic rings. The van der Waals surface area contributed by atoms with E-state index in [-0.39, 0.29) is 5.63 Å². The molecule has 0 saturated carbocycles. The number of para-hydroxylation sites is 2. The summed E-state index contributed by atoms with van der Waals surface area (Å²) in [7, 11) is 1.58. The molecule has 2 aromatic carbocycles. The van der Waals surface area contributed by atoms with Crippen LogP contribution in [0.3, 0.4) is 0 Å². The maximum Gasteiger partial charge on any atom is 0.336 e. The number of ether oxygens (including phenoxy) is 1. The highest BCUT2D eigenvalue weighted by atomic mass is 32.2. The van der Waals surface area contributed by atoms with Crippen molar-refractivity contribution < 1.29 is 13.6 Å². The van der Waals surface area contributed by atoms with Gasteiger partial charge in [-0.2, -0.15) is 0 Å². The number of rotatable bonds is 4. The van der Waals surface area contributed by atoms with Crippen molar-refractivity contribution in [3.8, 4) is 5.75 Å². The second-order valence-electron chi connectivity index (χ2n) is 5.19. The first-order chi connectivity index (χ1) is 11.7. The summed E-state index contributed by atoms with van der Waals surface area (Å²) in [5.41, 5.74) is 2.57. The van der Waals surface area contributed by atoms with Gasteiger partial charge in [0.2, 0.25) is 0 Å². The Morgan fingerprint density at radius 2 is 1.96 bits per heavy atom. The van der Waals surface area contributed by atoms with Crippen molar-refractivity contribution in [2.45, 2.75) is 11.0 Å². The summed E-state index contributed by atoms with van der Waals surface area (Å²) in [6.45, 7) is 0. The van der Waals surface area contributed by atoms with Crippen LogP contribution in [0.4, 0.5) is 0 Å². The maximum atomic E-state index is 11.8. The minimum Gasteiger partial charge on any atom is -0.497 e. The standard InChI is InChI=1S/C18H13NO4S/c1-21-12-6-7-13-11(8-17(20)22-16(13)9-12)10-24-18-19-14-4-2-3-5-15(14)23-18/h2-9H,10H2,1H3. The molecule has 2 aromatic heterocycles. The lowest BCUT2D eigenvalue weighted by Gasteiger charge is -2.05. The van der Waals surface area contributed by atoms with Crippen LogP contribution >= 0.6 is 11.8 Å². The third-order valence-corrected chi connectivity index (χ3v) is 4.54. The van der Waals surface area contributed by atoms with Gasteiger partial charge in [0.15, 0.2) is 5.58 Å². The number of hydrogen-bond donors (Lipinski definition) is 0. The first-order valence-electron chi connectivity index (χ1n) is 7.32. The van der Waals surface area contributed by atoms with Crippen molar-refractivity contribution >= 4 is 33.8 Å². The van der Waals surface area contributed by atoms with Crippen molar-refractivity contribution in [1.29, 1.82) is 0 Å². The van der Waals surface area contributed by atoms with E-state index in [9.17, 15) is 4.79 Å². The predicted octanol–water partition coefficient (Wildman–Crippen LogP) is 4.24. The minimum absolute atomic E-state index is 0.385. The molecule has 2 heterocycles. The van der Waals surface area contributed by atoms with Crippen LogP contribution in [0.15, 0.2) is 67.4 Å². The van der Waals surface area contributed by atoms with Gasteiger partial charge in [0.05, 0.1) is 7.11 Å². The summed E-state index contributed by atoms with van der Waals surface area (Å²) >= 11 is 1.44. The van der Waals surface area contributed by atoms with Crippen molar-refractivity contribution in [3.63, 3.8) is 0 Å². The summed E-state index contributed by atoms with van der Waals surface area (Å²) in [5.74, 6) is 1.20. The lowest BCUT2D eigenvalue weighted by atomic mass is 10.1. The number of nitrogens with zero attached hydrogens (tertiary/aromatic N) is 1. The fourth-order valence-electron chi connectivity index (χ4n) is 2.51. The van der Waals surface area contributed by atoms with Crippen molar-refractivity contribution in [1.82, 2.24) is 4.98 Å². The third kappa shape index (κ3) is 2.76. The summed E-state index contributed by atoms with van der Waals surface area (Å²) in [5, 5.41) is 1.45. The first kappa shape index (κ1) is 14.8. The van der Waals surface area contributed by atoms with E-state index >= 15 is 0 Å². The molecule has 0 aliphatic rings. The molecule has 0 bridgehead atoms. The molecule has 5 nitrogen and oxygen atoms in total. The van der Waals surface area contributed by atoms with Gasteiger partial charge in [-0.3, -0.25) is 0 Å². The van der Waals surface area contributed by atoms with Crippen LogP contribution in [0, 0.1) is 0 Å². The monoisotopic (exact) mass is 339 g/mol. The van der Waals surface area contributed by atoms with Gasteiger partial charge < -0.3 is 13.6 Å². The van der Waals surface area contributed by atoms with Crippen molar-refractivity contribution in [2.24, 2.45) is 0 Å². The molecule has 0 aliphatic carbocycles. The summed E-state index contributed by atoms with van der Waals surface area (Å²) < 4.78 is 16.1. The lowest BCUT2D eigenvalue weighted by Crippen LogP contribution is -2.00. The molecule has 0 spiro atoms. The first-order valence-corrected chi connectivity index (χ1v) is 8.30. The molecular formula is C18H13NO4S. The van der Waals surface area contributed by atoms with E-state index in [1.54, 1.807) is 13.2 Å². The van der Waals surface area contributed by atoms with E-state index in [0.717, 1.165) is 22.0 Å². The number of oxazole rings is 1. The van der Waals surface area contributed by atoms with Gasteiger partial charge in [0.25, 0.3) is 5.22 Å². The minimum atomic E-state index is -0.385. The average molecular weight is 339 g/mol. The van der Waals surface area contributed by atoms with E-state index in [4.69, 9.17) is 13.6 Å². The normalized spacial score (nSPS) is 11.2. The zero-order valence-corrected chi connectivity index (χ0v) is 13.6. The summed E-state index contributed by atoms with van der Waals surface area (Å²) in [6, 6.07) is 14.6. The highest BCUT2D eigenvalue weighted by Crippen LogP contribution is 2.29. The van der Waals surface area contributed by atoms with E-state index in [1.165, 1.54) is 17.8 Å². The fraction of sp³-hybridized carbons (Fsp3) is 0.111. The highest BCUT2D eigenvalue weighted by molar-refractivity contribution is 7.98. The SMILES string of the molecule is COc1ccc2c(CSc3nc4ccccc4o3)cc(=O)oc2c1. The number of hydrogen-bond acceptors (Lipinski definition) is 6. The van der Waals surface area contributed by atoms with E-state index < -0.39 is 0 Å². The molecule has 24 heavy (non-hydrogen) atoms. The van der Waals surface area contributed by atoms with Gasteiger partial charge >= 0.3 is 5.63 Å². The van der Waals surface area contributed by atoms with Gasteiger partial charge in [-0.25, -0.2) is 9.78 Å². The van der Waals surface area contributed by atoms with Crippen LogP contribution in [0.5, 0.6) is 5.75 Å². The second-order valence-corrected chi connectivity index (χ2v) is 6.12. The zero-order valence-electron chi connectivity index (χ0n) is 12.8. The van der Waals surface area contributed by atoms with Crippen molar-refractivity contribution in [2.75, 3.05) is 7.11 Å². The molecular weight excluding hydrogens is 326 g/mol. The van der Waals surface area contributed by atoms with Crippen LogP contribution in [-0.2, 0) is 5.75 Å². The third-order valence-electron chi connectivity index (χ3n) is 3.66. The highest BCUT2D eigenvalue weighted by Gasteiger charge is 2.10. The Balaban J connectivity index is 1.67. The molecule has 0 N–H and O–H groups in total. The predicted molar refractivity (Wildman–Crippen MR) is 92.6 cm³/mol. The molecule has 0 aliphatic heterocycles. The molecule has 6 heteroatoms. The molecule has 120 valence electrons. The number of benzene rings is 2. The Morgan fingerprint density at radius 3 is 2.79 bits per heavy atom. The van der Waals surface area contributed by atoms with Gasteiger partial charge in [0.1, 0.15) is 16.8 Å². The van der Waals surface area contributed by atoms with Crippen molar-refractivity contribution in [3.05, 3.63) is 64.5 Å². The zero-order chi connectivity index (χ0) is 16.5. The van der Waals surface area contributed by atoms with Crippen LogP contribution < -0.4 is 10.4 Å². The molecule has 4 rings (SSSR count). The number of aromatic nitrogens is 1. The lowest BCUT2D eigenvalue weighted by molar-refractivity contribution is 0.414. The second kappa shape index (κ2) is 6.05. The van der Waals surface area contributed by atoms with Gasteiger partial charge in [-0.15, -0.1) is 0 Å².